The number of rotatable bonds is 3. The Morgan fingerprint density at radius 3 is 2.74 bits per heavy atom. The highest BCUT2D eigenvalue weighted by atomic mass is 79.9. The van der Waals surface area contributed by atoms with E-state index in [4.69, 9.17) is 4.74 Å². The van der Waals surface area contributed by atoms with Crippen LogP contribution in [0, 0.1) is 0 Å². The summed E-state index contributed by atoms with van der Waals surface area (Å²) in [6.45, 7) is 6.10. The molecule has 1 aromatic heterocycles. The molecular formula is C15H16BrNO2. The number of carbonyl (C=O) groups is 1. The zero-order valence-corrected chi connectivity index (χ0v) is 12.8. The van der Waals surface area contributed by atoms with Crippen molar-refractivity contribution in [2.24, 2.45) is 0 Å². The molecule has 3 nitrogen and oxygen atoms in total. The molecule has 0 saturated carbocycles. The fourth-order valence-electron chi connectivity index (χ4n) is 1.85. The highest BCUT2D eigenvalue weighted by Gasteiger charge is 2.12. The fourth-order valence-corrected chi connectivity index (χ4v) is 2.21. The minimum Gasteiger partial charge on any atom is -0.487 e. The van der Waals surface area contributed by atoms with Gasteiger partial charge in [-0.1, -0.05) is 21.5 Å². The molecule has 0 fully saturated rings. The monoisotopic (exact) mass is 321 g/mol. The molecule has 0 amide bonds. The summed E-state index contributed by atoms with van der Waals surface area (Å²) in [4.78, 5) is 11.6. The van der Waals surface area contributed by atoms with Crippen LogP contribution in [0.15, 0.2) is 40.5 Å². The van der Waals surface area contributed by atoms with Crippen LogP contribution in [0.3, 0.4) is 0 Å². The summed E-state index contributed by atoms with van der Waals surface area (Å²) >= 11 is 3.44. The van der Waals surface area contributed by atoms with Crippen molar-refractivity contribution >= 4 is 32.7 Å². The number of hydrogen-bond acceptors (Lipinski definition) is 2. The Morgan fingerprint density at radius 1 is 1.37 bits per heavy atom. The van der Waals surface area contributed by atoms with Gasteiger partial charge in [-0.3, -0.25) is 9.36 Å². The molecular weight excluding hydrogens is 306 g/mol. The van der Waals surface area contributed by atoms with Gasteiger partial charge in [0, 0.05) is 16.8 Å². The Labute approximate surface area is 121 Å². The highest BCUT2D eigenvalue weighted by molar-refractivity contribution is 9.10. The summed E-state index contributed by atoms with van der Waals surface area (Å²) in [5.41, 5.74) is 2.07. The molecule has 0 spiro atoms. The summed E-state index contributed by atoms with van der Waals surface area (Å²) in [7, 11) is 0. The van der Waals surface area contributed by atoms with Crippen molar-refractivity contribution in [1.29, 1.82) is 0 Å². The molecule has 0 saturated heterocycles. The maximum atomic E-state index is 11.6. The minimum absolute atomic E-state index is 0.0237. The lowest BCUT2D eigenvalue weighted by Crippen LogP contribution is -2.02. The van der Waals surface area contributed by atoms with Crippen LogP contribution in [0.4, 0.5) is 0 Å². The number of aromatic nitrogens is 1. The standard InChI is InChI=1S/C15H16BrNO2/c1-10(2)6-7-19-15-9-17(11(3)18)14-5-4-12(16)8-13(14)15/h4-6,8-9H,7H2,1-3H3. The van der Waals surface area contributed by atoms with Gasteiger partial charge in [0.25, 0.3) is 0 Å². The van der Waals surface area contributed by atoms with E-state index in [1.165, 1.54) is 5.57 Å². The number of carbonyl (C=O) groups excluding carboxylic acids is 1. The number of allylic oxidation sites excluding steroid dienone is 1. The zero-order chi connectivity index (χ0) is 14.0. The molecule has 0 aliphatic carbocycles. The second-order valence-corrected chi connectivity index (χ2v) is 5.55. The van der Waals surface area contributed by atoms with Gasteiger partial charge in [-0.25, -0.2) is 0 Å². The van der Waals surface area contributed by atoms with Crippen LogP contribution in [0.1, 0.15) is 25.6 Å². The van der Waals surface area contributed by atoms with Crippen LogP contribution in [0.25, 0.3) is 10.9 Å². The first-order valence-corrected chi connectivity index (χ1v) is 6.86. The quantitative estimate of drug-likeness (QED) is 0.784. The molecule has 0 aliphatic rings. The first-order valence-electron chi connectivity index (χ1n) is 6.06. The lowest BCUT2D eigenvalue weighted by Gasteiger charge is -2.01. The maximum Gasteiger partial charge on any atom is 0.228 e. The molecule has 0 unspecified atom stereocenters. The summed E-state index contributed by atoms with van der Waals surface area (Å²) < 4.78 is 8.32. The van der Waals surface area contributed by atoms with E-state index in [0.29, 0.717) is 6.61 Å². The second kappa shape index (κ2) is 5.61. The summed E-state index contributed by atoms with van der Waals surface area (Å²) in [6.07, 6.45) is 3.76. The summed E-state index contributed by atoms with van der Waals surface area (Å²) in [5, 5.41) is 0.937. The molecule has 0 radical (unpaired) electrons. The zero-order valence-electron chi connectivity index (χ0n) is 11.2. The van der Waals surface area contributed by atoms with E-state index in [2.05, 4.69) is 15.9 Å². The number of benzene rings is 1. The molecule has 0 N–H and O–H groups in total. The van der Waals surface area contributed by atoms with E-state index in [0.717, 1.165) is 21.1 Å². The van der Waals surface area contributed by atoms with Crippen LogP contribution in [-0.4, -0.2) is 17.1 Å². The van der Waals surface area contributed by atoms with Gasteiger partial charge < -0.3 is 4.74 Å². The molecule has 0 aliphatic heterocycles. The van der Waals surface area contributed by atoms with Gasteiger partial charge in [-0.15, -0.1) is 0 Å². The fraction of sp³-hybridized carbons (Fsp3) is 0.267. The van der Waals surface area contributed by atoms with Crippen molar-refractivity contribution in [3.05, 3.63) is 40.5 Å². The Bertz CT molecular complexity index is 651. The van der Waals surface area contributed by atoms with E-state index in [-0.39, 0.29) is 5.91 Å². The number of ether oxygens (including phenoxy) is 1. The molecule has 2 rings (SSSR count). The maximum absolute atomic E-state index is 11.6. The topological polar surface area (TPSA) is 31.2 Å². The summed E-state index contributed by atoms with van der Waals surface area (Å²) in [5.74, 6) is 0.702. The van der Waals surface area contributed by atoms with Crippen molar-refractivity contribution in [2.75, 3.05) is 6.61 Å². The molecule has 1 aromatic carbocycles. The first-order chi connectivity index (χ1) is 8.99. The number of nitrogens with zero attached hydrogens (tertiary/aromatic N) is 1. The van der Waals surface area contributed by atoms with Crippen molar-refractivity contribution in [3.63, 3.8) is 0 Å². The van der Waals surface area contributed by atoms with Gasteiger partial charge in [0.2, 0.25) is 5.91 Å². The van der Waals surface area contributed by atoms with Gasteiger partial charge in [0.15, 0.2) is 0 Å². The third-order valence-corrected chi connectivity index (χ3v) is 3.29. The first kappa shape index (κ1) is 13.9. The predicted octanol–water partition coefficient (Wildman–Crippen LogP) is 4.41. The molecule has 1 heterocycles. The lowest BCUT2D eigenvalue weighted by atomic mass is 10.2. The Hall–Kier alpha value is -1.55. The van der Waals surface area contributed by atoms with Gasteiger partial charge >= 0.3 is 0 Å². The second-order valence-electron chi connectivity index (χ2n) is 4.64. The summed E-state index contributed by atoms with van der Waals surface area (Å²) in [6, 6.07) is 5.79. The average Bonchev–Trinajstić information content (AvgIpc) is 2.67. The van der Waals surface area contributed by atoms with E-state index in [1.54, 1.807) is 17.7 Å². The predicted molar refractivity (Wildman–Crippen MR) is 80.9 cm³/mol. The van der Waals surface area contributed by atoms with E-state index in [9.17, 15) is 4.79 Å². The van der Waals surface area contributed by atoms with Crippen LogP contribution >= 0.6 is 15.9 Å². The molecule has 100 valence electrons. The molecule has 4 heteroatoms. The smallest absolute Gasteiger partial charge is 0.228 e. The van der Waals surface area contributed by atoms with Crippen molar-refractivity contribution in [1.82, 2.24) is 4.57 Å². The van der Waals surface area contributed by atoms with E-state index >= 15 is 0 Å². The molecule has 2 aromatic rings. The van der Waals surface area contributed by atoms with Gasteiger partial charge in [-0.05, 0) is 38.1 Å². The number of fused-ring (bicyclic) bond motifs is 1. The Morgan fingerprint density at radius 2 is 2.11 bits per heavy atom. The number of halogens is 1. The van der Waals surface area contributed by atoms with Gasteiger partial charge in [-0.2, -0.15) is 0 Å². The Kier molecular flexibility index (Phi) is 4.10. The third kappa shape index (κ3) is 3.07. The molecule has 0 atom stereocenters. The normalized spacial score (nSPS) is 10.5. The Balaban J connectivity index is 2.45. The number of hydrogen-bond donors (Lipinski definition) is 0. The van der Waals surface area contributed by atoms with Crippen LogP contribution in [0.5, 0.6) is 5.75 Å². The molecule has 19 heavy (non-hydrogen) atoms. The van der Waals surface area contributed by atoms with Crippen LogP contribution < -0.4 is 4.74 Å². The lowest BCUT2D eigenvalue weighted by molar-refractivity contribution is 0.0941. The minimum atomic E-state index is -0.0237. The largest absolute Gasteiger partial charge is 0.487 e. The average molecular weight is 322 g/mol. The van der Waals surface area contributed by atoms with Gasteiger partial charge in [0.05, 0.1) is 11.7 Å². The van der Waals surface area contributed by atoms with Crippen molar-refractivity contribution in [2.45, 2.75) is 20.8 Å². The van der Waals surface area contributed by atoms with Crippen molar-refractivity contribution in [3.8, 4) is 5.75 Å². The van der Waals surface area contributed by atoms with Crippen LogP contribution in [0.2, 0.25) is 0 Å². The van der Waals surface area contributed by atoms with Crippen molar-refractivity contribution < 1.29 is 9.53 Å². The SMILES string of the molecule is CC(=O)n1cc(OCC=C(C)C)c2cc(Br)ccc21. The third-order valence-electron chi connectivity index (χ3n) is 2.80. The van der Waals surface area contributed by atoms with Crippen LogP contribution in [-0.2, 0) is 0 Å². The van der Waals surface area contributed by atoms with E-state index in [1.807, 2.05) is 38.1 Å². The molecule has 0 bridgehead atoms. The van der Waals surface area contributed by atoms with Gasteiger partial charge in [0.1, 0.15) is 12.4 Å². The van der Waals surface area contributed by atoms with E-state index < -0.39 is 0 Å². The highest BCUT2D eigenvalue weighted by Crippen LogP contribution is 2.30.